The second-order valence-corrected chi connectivity index (χ2v) is 5.53. The Bertz CT molecular complexity index is 601. The van der Waals surface area contributed by atoms with Crippen molar-refractivity contribution in [1.29, 1.82) is 0 Å². The van der Waals surface area contributed by atoms with Gasteiger partial charge in [-0.05, 0) is 37.5 Å². The molecule has 0 saturated heterocycles. The number of nitrogen functional groups attached to an aromatic ring is 1. The molecule has 2 aromatic heterocycles. The van der Waals surface area contributed by atoms with Crippen LogP contribution in [-0.4, -0.2) is 14.6 Å². The second-order valence-electron chi connectivity index (χ2n) is 5.53. The highest BCUT2D eigenvalue weighted by atomic mass is 19.1. The Balaban J connectivity index is 1.85. The van der Waals surface area contributed by atoms with E-state index < -0.39 is 5.82 Å². The number of hydrogen-bond acceptors (Lipinski definition) is 3. The molecule has 2 heterocycles. The maximum atomic E-state index is 13.6. The minimum atomic E-state index is -0.395. The van der Waals surface area contributed by atoms with Crippen molar-refractivity contribution in [2.75, 3.05) is 5.73 Å². The van der Waals surface area contributed by atoms with Crippen LogP contribution in [0.4, 0.5) is 10.2 Å². The fourth-order valence-corrected chi connectivity index (χ4v) is 2.93. The van der Waals surface area contributed by atoms with Gasteiger partial charge in [0.25, 0.3) is 0 Å². The topological polar surface area (TPSA) is 56.2 Å². The summed E-state index contributed by atoms with van der Waals surface area (Å²) in [5, 5.41) is 3.89. The number of hydrogen-bond donors (Lipinski definition) is 1. The van der Waals surface area contributed by atoms with E-state index in [-0.39, 0.29) is 5.65 Å². The van der Waals surface area contributed by atoms with Crippen molar-refractivity contribution in [2.45, 2.75) is 31.6 Å². The molecular weight excluding hydrogens is 231 g/mol. The summed E-state index contributed by atoms with van der Waals surface area (Å²) >= 11 is 0. The third-order valence-corrected chi connectivity index (χ3v) is 4.08. The molecule has 2 aromatic rings. The summed E-state index contributed by atoms with van der Waals surface area (Å²) in [5.74, 6) is 2.03. The van der Waals surface area contributed by atoms with Gasteiger partial charge in [0.2, 0.25) is 0 Å². The highest BCUT2D eigenvalue weighted by Gasteiger charge is 2.43. The van der Waals surface area contributed by atoms with Gasteiger partial charge in [-0.1, -0.05) is 0 Å². The molecule has 18 heavy (non-hydrogen) atoms. The minimum Gasteiger partial charge on any atom is -0.384 e. The summed E-state index contributed by atoms with van der Waals surface area (Å²) in [7, 11) is 0. The molecular formula is C13H15FN4. The van der Waals surface area contributed by atoms with Gasteiger partial charge in [-0.15, -0.1) is 0 Å². The second kappa shape index (κ2) is 3.43. The van der Waals surface area contributed by atoms with E-state index >= 15 is 0 Å². The summed E-state index contributed by atoms with van der Waals surface area (Å²) in [5.41, 5.74) is 7.17. The summed E-state index contributed by atoms with van der Waals surface area (Å²) in [6.07, 6.45) is 6.27. The summed E-state index contributed by atoms with van der Waals surface area (Å²) < 4.78 is 15.0. The quantitative estimate of drug-likeness (QED) is 0.904. The Hall–Kier alpha value is -1.65. The Kier molecular flexibility index (Phi) is 1.96. The third kappa shape index (κ3) is 1.50. The van der Waals surface area contributed by atoms with Crippen LogP contribution in [0.25, 0.3) is 5.65 Å². The van der Waals surface area contributed by atoms with Crippen molar-refractivity contribution in [3.8, 4) is 0 Å². The van der Waals surface area contributed by atoms with Crippen molar-refractivity contribution in [3.63, 3.8) is 0 Å². The SMILES string of the molecule is Nc1cc(C(C2CC2)C2CC2)nc2c(F)cnn12. The van der Waals surface area contributed by atoms with E-state index in [1.807, 2.05) is 6.07 Å². The summed E-state index contributed by atoms with van der Waals surface area (Å²) in [6.45, 7) is 0. The van der Waals surface area contributed by atoms with Crippen LogP contribution in [0, 0.1) is 17.7 Å². The van der Waals surface area contributed by atoms with Gasteiger partial charge >= 0.3 is 0 Å². The van der Waals surface area contributed by atoms with Gasteiger partial charge in [-0.2, -0.15) is 9.61 Å². The predicted molar refractivity (Wildman–Crippen MR) is 65.5 cm³/mol. The maximum absolute atomic E-state index is 13.6. The van der Waals surface area contributed by atoms with Crippen molar-refractivity contribution >= 4 is 11.5 Å². The zero-order valence-electron chi connectivity index (χ0n) is 10.0. The molecule has 0 radical (unpaired) electrons. The average Bonchev–Trinajstić information content (AvgIpc) is 3.23. The van der Waals surface area contributed by atoms with Gasteiger partial charge in [-0.25, -0.2) is 9.37 Å². The molecule has 0 spiro atoms. The number of fused-ring (bicyclic) bond motifs is 1. The zero-order valence-corrected chi connectivity index (χ0v) is 10.0. The largest absolute Gasteiger partial charge is 0.384 e. The Morgan fingerprint density at radius 1 is 1.28 bits per heavy atom. The lowest BCUT2D eigenvalue weighted by atomic mass is 9.94. The number of rotatable bonds is 3. The van der Waals surface area contributed by atoms with Gasteiger partial charge in [0.05, 0.1) is 11.9 Å². The van der Waals surface area contributed by atoms with Crippen LogP contribution < -0.4 is 5.73 Å². The van der Waals surface area contributed by atoms with Gasteiger partial charge in [0.1, 0.15) is 5.82 Å². The molecule has 94 valence electrons. The molecule has 0 aliphatic heterocycles. The lowest BCUT2D eigenvalue weighted by Crippen LogP contribution is -2.10. The first-order valence-corrected chi connectivity index (χ1v) is 6.53. The van der Waals surface area contributed by atoms with E-state index in [1.54, 1.807) is 0 Å². The van der Waals surface area contributed by atoms with E-state index in [2.05, 4.69) is 10.1 Å². The van der Waals surface area contributed by atoms with E-state index in [1.165, 1.54) is 36.4 Å². The normalized spacial score (nSPS) is 19.9. The molecule has 0 unspecified atom stereocenters. The first-order chi connectivity index (χ1) is 8.74. The van der Waals surface area contributed by atoms with Crippen LogP contribution in [-0.2, 0) is 0 Å². The van der Waals surface area contributed by atoms with Crippen molar-refractivity contribution in [2.24, 2.45) is 11.8 Å². The molecule has 0 atom stereocenters. The van der Waals surface area contributed by atoms with Crippen LogP contribution in [0.2, 0.25) is 0 Å². The van der Waals surface area contributed by atoms with Crippen molar-refractivity contribution < 1.29 is 4.39 Å². The Morgan fingerprint density at radius 3 is 2.56 bits per heavy atom. The van der Waals surface area contributed by atoms with Crippen molar-refractivity contribution in [1.82, 2.24) is 14.6 Å². The van der Waals surface area contributed by atoms with E-state index in [9.17, 15) is 4.39 Å². The van der Waals surface area contributed by atoms with Crippen molar-refractivity contribution in [3.05, 3.63) is 23.8 Å². The third-order valence-electron chi connectivity index (χ3n) is 4.08. The predicted octanol–water partition coefficient (Wildman–Crippen LogP) is 2.35. The molecule has 4 nitrogen and oxygen atoms in total. The Labute approximate surface area is 104 Å². The fourth-order valence-electron chi connectivity index (χ4n) is 2.93. The average molecular weight is 246 g/mol. The van der Waals surface area contributed by atoms with Gasteiger partial charge in [-0.3, -0.25) is 0 Å². The molecule has 5 heteroatoms. The van der Waals surface area contributed by atoms with Crippen LogP contribution >= 0.6 is 0 Å². The lowest BCUT2D eigenvalue weighted by Gasteiger charge is -2.15. The van der Waals surface area contributed by atoms with E-state index in [0.717, 1.165) is 17.5 Å². The van der Waals surface area contributed by atoms with Gasteiger partial charge in [0, 0.05) is 12.0 Å². The van der Waals surface area contributed by atoms with Crippen LogP contribution in [0.3, 0.4) is 0 Å². The smallest absolute Gasteiger partial charge is 0.193 e. The fraction of sp³-hybridized carbons (Fsp3) is 0.538. The number of anilines is 1. The first-order valence-electron chi connectivity index (χ1n) is 6.53. The van der Waals surface area contributed by atoms with Gasteiger partial charge in [0.15, 0.2) is 11.5 Å². The number of aromatic nitrogens is 3. The molecule has 2 aliphatic carbocycles. The summed E-state index contributed by atoms with van der Waals surface area (Å²) in [6, 6.07) is 1.88. The van der Waals surface area contributed by atoms with E-state index in [4.69, 9.17) is 5.73 Å². The maximum Gasteiger partial charge on any atom is 0.193 e. The van der Waals surface area contributed by atoms with E-state index in [0.29, 0.717) is 11.7 Å². The molecule has 4 rings (SSSR count). The van der Waals surface area contributed by atoms with Crippen LogP contribution in [0.1, 0.15) is 37.3 Å². The lowest BCUT2D eigenvalue weighted by molar-refractivity contribution is 0.523. The number of halogens is 1. The first kappa shape index (κ1) is 10.3. The molecule has 0 aromatic carbocycles. The highest BCUT2D eigenvalue weighted by Crippen LogP contribution is 2.54. The zero-order chi connectivity index (χ0) is 12.3. The molecule has 2 saturated carbocycles. The number of nitrogens with two attached hydrogens (primary N) is 1. The monoisotopic (exact) mass is 246 g/mol. The summed E-state index contributed by atoms with van der Waals surface area (Å²) in [4.78, 5) is 4.46. The molecule has 2 N–H and O–H groups in total. The Morgan fingerprint density at radius 2 is 1.94 bits per heavy atom. The minimum absolute atomic E-state index is 0.260. The van der Waals surface area contributed by atoms with Gasteiger partial charge < -0.3 is 5.73 Å². The number of nitrogens with zero attached hydrogens (tertiary/aromatic N) is 3. The molecule has 2 aliphatic rings. The standard InChI is InChI=1S/C13H15FN4/c14-9-6-16-18-11(15)5-10(17-13(9)18)12(7-1-2-7)8-3-4-8/h5-8,12H,1-4,15H2. The van der Waals surface area contributed by atoms with Crippen LogP contribution in [0.5, 0.6) is 0 Å². The molecule has 0 amide bonds. The molecule has 2 fully saturated rings. The highest BCUT2D eigenvalue weighted by molar-refractivity contribution is 5.48. The van der Waals surface area contributed by atoms with Crippen LogP contribution in [0.15, 0.2) is 12.3 Å². The molecule has 0 bridgehead atoms.